The van der Waals surface area contributed by atoms with E-state index < -0.39 is 0 Å². The summed E-state index contributed by atoms with van der Waals surface area (Å²) in [6, 6.07) is 35.4. The average molecular weight is 428 g/mol. The molecule has 0 spiro atoms. The van der Waals surface area contributed by atoms with Crippen LogP contribution in [-0.4, -0.2) is 27.7 Å². The lowest BCUT2D eigenvalue weighted by atomic mass is 10.0. The largest absolute Gasteiger partial charge is 0.569 e. The molecule has 0 atom stereocenters. The van der Waals surface area contributed by atoms with Gasteiger partial charge in [-0.25, -0.2) is 15.0 Å². The van der Waals surface area contributed by atoms with Gasteiger partial charge in [-0.2, -0.15) is 0 Å². The van der Waals surface area contributed by atoms with Crippen LogP contribution in [0.5, 0.6) is 5.75 Å². The molecule has 5 rings (SSSR count). The Hall–Kier alpha value is -4.29. The molecule has 1 aromatic heterocycles. The summed E-state index contributed by atoms with van der Waals surface area (Å²) in [5.74, 6) is 2.40. The zero-order chi connectivity index (χ0) is 22.5. The molecule has 5 aromatic rings. The van der Waals surface area contributed by atoms with E-state index in [0.717, 1.165) is 27.8 Å². The predicted molar refractivity (Wildman–Crippen MR) is 130 cm³/mol. The van der Waals surface area contributed by atoms with Crippen molar-refractivity contribution in [3.8, 4) is 51.0 Å². The Kier molecular flexibility index (Phi) is 5.91. The van der Waals surface area contributed by atoms with Crippen molar-refractivity contribution < 1.29 is 9.68 Å². The Balaban J connectivity index is 1.62. The van der Waals surface area contributed by atoms with Crippen molar-refractivity contribution in [3.05, 3.63) is 109 Å². The maximum atomic E-state index is 8.94. The predicted octanol–water partition coefficient (Wildman–Crippen LogP) is 5.44. The molecule has 1 N–H and O–H groups in total. The van der Waals surface area contributed by atoms with E-state index in [-0.39, 0.29) is 0 Å². The molecule has 1 radical (unpaired) electrons. The monoisotopic (exact) mass is 428 g/mol. The first kappa shape index (κ1) is 20.6. The number of benzene rings is 4. The van der Waals surface area contributed by atoms with E-state index in [4.69, 9.17) is 24.6 Å². The van der Waals surface area contributed by atoms with Crippen molar-refractivity contribution in [2.75, 3.05) is 0 Å². The Morgan fingerprint density at radius 1 is 0.485 bits per heavy atom. The first-order valence-corrected chi connectivity index (χ1v) is 10.5. The van der Waals surface area contributed by atoms with E-state index in [9.17, 15) is 0 Å². The number of rotatable bonds is 6. The normalized spacial score (nSPS) is 10.6. The molecule has 0 bridgehead atoms. The molecular formula is C27H19BN3O2. The molecule has 6 heteroatoms. The molecule has 0 saturated carbocycles. The SMILES string of the molecule is O[B]Oc1cccc(-c2cccc(-c3nc(-c4ccccc4)nc(-c4ccccc4)n3)c2)c1. The van der Waals surface area contributed by atoms with Gasteiger partial charge in [0.1, 0.15) is 5.75 Å². The van der Waals surface area contributed by atoms with E-state index in [1.165, 1.54) is 0 Å². The quantitative estimate of drug-likeness (QED) is 0.365. The van der Waals surface area contributed by atoms with Crippen molar-refractivity contribution in [1.82, 2.24) is 15.0 Å². The second kappa shape index (κ2) is 9.46. The molecule has 33 heavy (non-hydrogen) atoms. The van der Waals surface area contributed by atoms with Crippen molar-refractivity contribution in [1.29, 1.82) is 0 Å². The standard InChI is InChI=1S/C27H19BN3O2/c32-28-33-24-16-8-14-22(18-24)21-13-7-15-23(17-21)27-30-25(19-9-3-1-4-10-19)29-26(31-27)20-11-5-2-6-12-20/h1-18,32H. The molecule has 157 valence electrons. The van der Waals surface area contributed by atoms with Gasteiger partial charge in [0.15, 0.2) is 17.5 Å². The van der Waals surface area contributed by atoms with Crippen LogP contribution in [0.15, 0.2) is 109 Å². The van der Waals surface area contributed by atoms with Crippen molar-refractivity contribution in [2.45, 2.75) is 0 Å². The molecule has 0 fully saturated rings. The molecule has 4 aromatic carbocycles. The summed E-state index contributed by atoms with van der Waals surface area (Å²) in [5, 5.41) is 8.94. The highest BCUT2D eigenvalue weighted by Crippen LogP contribution is 2.29. The minimum Gasteiger partial charge on any atom is -0.537 e. The van der Waals surface area contributed by atoms with Crippen molar-refractivity contribution in [2.24, 2.45) is 0 Å². The van der Waals surface area contributed by atoms with Crippen LogP contribution in [0.1, 0.15) is 0 Å². The number of aromatic nitrogens is 3. The second-order valence-corrected chi connectivity index (χ2v) is 7.37. The van der Waals surface area contributed by atoms with Crippen LogP contribution < -0.4 is 4.65 Å². The Bertz CT molecular complexity index is 1320. The summed E-state index contributed by atoms with van der Waals surface area (Å²) >= 11 is 0. The summed E-state index contributed by atoms with van der Waals surface area (Å²) in [7, 11) is 0.677. The first-order valence-electron chi connectivity index (χ1n) is 10.5. The Morgan fingerprint density at radius 2 is 0.939 bits per heavy atom. The molecule has 0 aliphatic carbocycles. The highest BCUT2D eigenvalue weighted by Gasteiger charge is 2.12. The van der Waals surface area contributed by atoms with E-state index in [2.05, 4.69) is 0 Å². The van der Waals surface area contributed by atoms with Gasteiger partial charge < -0.3 is 9.68 Å². The zero-order valence-corrected chi connectivity index (χ0v) is 17.7. The molecule has 0 amide bonds. The molecular weight excluding hydrogens is 409 g/mol. The third-order valence-electron chi connectivity index (χ3n) is 5.18. The highest BCUT2D eigenvalue weighted by molar-refractivity contribution is 6.17. The van der Waals surface area contributed by atoms with Crippen LogP contribution in [0.3, 0.4) is 0 Å². The lowest BCUT2D eigenvalue weighted by molar-refractivity contribution is 0.454. The average Bonchev–Trinajstić information content (AvgIpc) is 2.90. The van der Waals surface area contributed by atoms with Crippen LogP contribution in [0.4, 0.5) is 0 Å². The second-order valence-electron chi connectivity index (χ2n) is 7.37. The third kappa shape index (κ3) is 4.66. The topological polar surface area (TPSA) is 68.1 Å². The van der Waals surface area contributed by atoms with Gasteiger partial charge >= 0.3 is 7.69 Å². The summed E-state index contributed by atoms with van der Waals surface area (Å²) in [6.07, 6.45) is 0. The van der Waals surface area contributed by atoms with Gasteiger partial charge in [-0.15, -0.1) is 0 Å². The van der Waals surface area contributed by atoms with Gasteiger partial charge in [0, 0.05) is 16.7 Å². The minimum absolute atomic E-state index is 0.554. The molecule has 1 heterocycles. The fourth-order valence-corrected chi connectivity index (χ4v) is 3.59. The Morgan fingerprint density at radius 3 is 1.52 bits per heavy atom. The Labute approximate surface area is 192 Å². The van der Waals surface area contributed by atoms with Crippen molar-refractivity contribution in [3.63, 3.8) is 0 Å². The van der Waals surface area contributed by atoms with Gasteiger partial charge in [0.25, 0.3) is 0 Å². The van der Waals surface area contributed by atoms with Crippen LogP contribution in [0.25, 0.3) is 45.3 Å². The fraction of sp³-hybridized carbons (Fsp3) is 0. The smallest absolute Gasteiger partial charge is 0.537 e. The number of hydrogen-bond acceptors (Lipinski definition) is 5. The van der Waals surface area contributed by atoms with E-state index in [1.807, 2.05) is 103 Å². The summed E-state index contributed by atoms with van der Waals surface area (Å²) < 4.78 is 5.11. The fourth-order valence-electron chi connectivity index (χ4n) is 3.59. The lowest BCUT2D eigenvalue weighted by Crippen LogP contribution is -2.00. The molecule has 0 saturated heterocycles. The number of hydrogen-bond donors (Lipinski definition) is 1. The lowest BCUT2D eigenvalue weighted by Gasteiger charge is -2.10. The van der Waals surface area contributed by atoms with Gasteiger partial charge in [-0.1, -0.05) is 91.0 Å². The van der Waals surface area contributed by atoms with Gasteiger partial charge in [-0.05, 0) is 29.3 Å². The van der Waals surface area contributed by atoms with Crippen molar-refractivity contribution >= 4 is 7.69 Å². The van der Waals surface area contributed by atoms with E-state index in [0.29, 0.717) is 30.9 Å². The van der Waals surface area contributed by atoms with Crippen LogP contribution >= 0.6 is 0 Å². The highest BCUT2D eigenvalue weighted by atomic mass is 16.5. The maximum absolute atomic E-state index is 8.94. The van der Waals surface area contributed by atoms with Crippen LogP contribution in [0.2, 0.25) is 0 Å². The molecule has 0 unspecified atom stereocenters. The molecule has 0 aliphatic rings. The van der Waals surface area contributed by atoms with E-state index >= 15 is 0 Å². The maximum Gasteiger partial charge on any atom is 0.569 e. The zero-order valence-electron chi connectivity index (χ0n) is 17.7. The number of nitrogens with zero attached hydrogens (tertiary/aromatic N) is 3. The third-order valence-corrected chi connectivity index (χ3v) is 5.18. The minimum atomic E-state index is 0.554. The summed E-state index contributed by atoms with van der Waals surface area (Å²) in [4.78, 5) is 14.3. The van der Waals surface area contributed by atoms with E-state index in [1.54, 1.807) is 6.07 Å². The van der Waals surface area contributed by atoms with Crippen LogP contribution in [0, 0.1) is 0 Å². The van der Waals surface area contributed by atoms with Gasteiger partial charge in [0.2, 0.25) is 0 Å². The van der Waals surface area contributed by atoms with Crippen LogP contribution in [-0.2, 0) is 0 Å². The van der Waals surface area contributed by atoms with Gasteiger partial charge in [-0.3, -0.25) is 0 Å². The summed E-state index contributed by atoms with van der Waals surface area (Å²) in [5.41, 5.74) is 4.68. The summed E-state index contributed by atoms with van der Waals surface area (Å²) in [6.45, 7) is 0. The first-order chi connectivity index (χ1) is 16.3. The molecule has 5 nitrogen and oxygen atoms in total. The van der Waals surface area contributed by atoms with Gasteiger partial charge in [0.05, 0.1) is 0 Å². The molecule has 0 aliphatic heterocycles.